The molecule has 4 aromatic rings. The van der Waals surface area contributed by atoms with Gasteiger partial charge in [0.05, 0.1) is 172 Å². The van der Waals surface area contributed by atoms with Gasteiger partial charge in [-0.15, -0.1) is 0 Å². The van der Waals surface area contributed by atoms with Gasteiger partial charge in [0.15, 0.2) is 0 Å². The highest BCUT2D eigenvalue weighted by molar-refractivity contribution is 7.99. The first-order valence-corrected chi connectivity index (χ1v) is 40.7. The highest BCUT2D eigenvalue weighted by Gasteiger charge is 2.35. The van der Waals surface area contributed by atoms with Crippen LogP contribution in [-0.2, 0) is 129 Å². The van der Waals surface area contributed by atoms with Crippen molar-refractivity contribution in [3.05, 3.63) is 143 Å². The smallest absolute Gasteiger partial charge is 0.328 e. The molecule has 0 spiro atoms. The maximum absolute atomic E-state index is 14.7. The van der Waals surface area contributed by atoms with E-state index in [-0.39, 0.29) is 178 Å². The van der Waals surface area contributed by atoms with E-state index in [9.17, 15) is 47.9 Å². The lowest BCUT2D eigenvalue weighted by Crippen LogP contribution is -2.59. The number of amides is 9. The number of hydrogen-bond donors (Lipinski definition) is 9. The van der Waals surface area contributed by atoms with Crippen LogP contribution in [0.2, 0.25) is 0 Å². The maximum Gasteiger partial charge on any atom is 0.328 e. The lowest BCUT2D eigenvalue weighted by Gasteiger charge is -2.34. The Balaban J connectivity index is 1.43. The summed E-state index contributed by atoms with van der Waals surface area (Å²) in [5, 5.41) is 19.8. The number of carbonyl (C=O) groups is 10. The first-order chi connectivity index (χ1) is 57.4. The van der Waals surface area contributed by atoms with Crippen LogP contribution in [0.1, 0.15) is 86.8 Å². The van der Waals surface area contributed by atoms with Crippen LogP contribution < -0.4 is 48.7 Å². The molecule has 11 N–H and O–H groups in total. The van der Waals surface area contributed by atoms with Gasteiger partial charge >= 0.3 is 5.97 Å². The van der Waals surface area contributed by atoms with Crippen LogP contribution in [0.3, 0.4) is 0 Å². The van der Waals surface area contributed by atoms with Crippen molar-refractivity contribution >= 4 is 70.9 Å². The van der Waals surface area contributed by atoms with Crippen LogP contribution in [0, 0.1) is 0 Å². The summed E-state index contributed by atoms with van der Waals surface area (Å²) in [6.45, 7) is 9.16. The molecule has 0 heterocycles. The van der Waals surface area contributed by atoms with Gasteiger partial charge in [0.25, 0.3) is 5.91 Å². The lowest BCUT2D eigenvalue weighted by molar-refractivity contribution is -0.148. The molecule has 3 unspecified atom stereocenters. The normalized spacial score (nSPS) is 12.1. The van der Waals surface area contributed by atoms with Gasteiger partial charge in [-0.25, -0.2) is 4.79 Å². The van der Waals surface area contributed by atoms with E-state index in [2.05, 4.69) is 37.2 Å². The van der Waals surface area contributed by atoms with Crippen molar-refractivity contribution in [2.75, 3.05) is 231 Å². The summed E-state index contributed by atoms with van der Waals surface area (Å²) in [6, 6.07) is 26.0. The third-order valence-corrected chi connectivity index (χ3v) is 17.8. The van der Waals surface area contributed by atoms with Crippen molar-refractivity contribution in [2.45, 2.75) is 82.0 Å². The van der Waals surface area contributed by atoms with Crippen LogP contribution in [0.15, 0.2) is 109 Å². The first-order valence-electron chi connectivity index (χ1n) is 39.6. The second-order valence-corrected chi connectivity index (χ2v) is 27.5. The molecule has 0 aliphatic heterocycles. The molecule has 0 bridgehead atoms. The second kappa shape index (κ2) is 66.2. The van der Waals surface area contributed by atoms with E-state index in [1.807, 2.05) is 6.92 Å². The monoisotopic (exact) mass is 1680 g/mol. The molecule has 0 aromatic heterocycles. The molecule has 0 radical (unpaired) electrons. The molecule has 118 heavy (non-hydrogen) atoms. The second-order valence-electron chi connectivity index (χ2n) is 26.3. The summed E-state index contributed by atoms with van der Waals surface area (Å²) in [5.74, 6) is -5.72. The van der Waals surface area contributed by atoms with Gasteiger partial charge in [0, 0.05) is 108 Å². The fraction of sp³-hybridized carbons (Fsp3) is 0.585. The molecule has 4 rings (SSSR count). The van der Waals surface area contributed by atoms with Crippen molar-refractivity contribution in [1.82, 2.24) is 37.2 Å². The first kappa shape index (κ1) is 102. The van der Waals surface area contributed by atoms with Gasteiger partial charge in [-0.1, -0.05) is 91.0 Å². The predicted molar refractivity (Wildman–Crippen MR) is 436 cm³/mol. The van der Waals surface area contributed by atoms with Crippen LogP contribution >= 0.6 is 11.8 Å². The number of hydrogen-bond acceptors (Lipinski definition) is 27. The minimum atomic E-state index is -1.42. The van der Waals surface area contributed by atoms with Crippen LogP contribution in [0.4, 0.5) is 0 Å². The number of ether oxygens (including phenoxy) is 16. The number of nitrogens with one attached hydrogen (secondary N) is 7. The van der Waals surface area contributed by atoms with E-state index >= 15 is 0 Å². The molecule has 35 nitrogen and oxygen atoms in total. The van der Waals surface area contributed by atoms with E-state index in [1.165, 1.54) is 11.8 Å². The van der Waals surface area contributed by atoms with E-state index in [0.717, 1.165) is 18.2 Å². The third-order valence-electron chi connectivity index (χ3n) is 16.8. The number of methoxy groups -OCH3 is 2. The average molecular weight is 1680 g/mol. The van der Waals surface area contributed by atoms with E-state index in [0.29, 0.717) is 141 Å². The topological polar surface area (TPSA) is 455 Å². The Hall–Kier alpha value is -8.67. The van der Waals surface area contributed by atoms with Crippen molar-refractivity contribution in [3.63, 3.8) is 0 Å². The number of benzene rings is 4. The number of primary amides is 2. The molecule has 9 amide bonds. The van der Waals surface area contributed by atoms with Gasteiger partial charge in [-0.05, 0) is 54.0 Å². The number of nitrogens with two attached hydrogens (primary N) is 2. The average Bonchev–Trinajstić information content (AvgIpc) is 0.807. The molecule has 0 aliphatic carbocycles. The lowest BCUT2D eigenvalue weighted by atomic mass is 10.0. The molecule has 4 aromatic carbocycles. The minimum absolute atomic E-state index is 0.00155. The fourth-order valence-corrected chi connectivity index (χ4v) is 11.5. The van der Waals surface area contributed by atoms with Crippen molar-refractivity contribution in [3.8, 4) is 0 Å². The Bertz CT molecular complexity index is 3290. The van der Waals surface area contributed by atoms with Crippen LogP contribution in [0.5, 0.6) is 0 Å². The molecule has 0 saturated carbocycles. The van der Waals surface area contributed by atoms with Gasteiger partial charge < -0.3 is 124 Å². The maximum atomic E-state index is 14.7. The quantitative estimate of drug-likeness (QED) is 0.0172. The fourth-order valence-electron chi connectivity index (χ4n) is 10.6. The Morgan fingerprint density at radius 3 is 1.12 bits per heavy atom. The molecule has 0 saturated heterocycles. The highest BCUT2D eigenvalue weighted by atomic mass is 32.2. The van der Waals surface area contributed by atoms with E-state index in [1.54, 1.807) is 105 Å². The van der Waals surface area contributed by atoms with Gasteiger partial charge in [0.2, 0.25) is 47.3 Å². The largest absolute Gasteiger partial charge is 0.464 e. The molecule has 658 valence electrons. The number of esters is 1. The Morgan fingerprint density at radius 2 is 0.729 bits per heavy atom. The van der Waals surface area contributed by atoms with E-state index in [4.69, 9.17) is 87.3 Å². The van der Waals surface area contributed by atoms with E-state index < -0.39 is 65.1 Å². The molecule has 0 aliphatic rings. The minimum Gasteiger partial charge on any atom is -0.464 e. The third kappa shape index (κ3) is 49.7. The summed E-state index contributed by atoms with van der Waals surface area (Å²) in [4.78, 5) is 135. The van der Waals surface area contributed by atoms with Crippen molar-refractivity contribution in [2.24, 2.45) is 11.5 Å². The van der Waals surface area contributed by atoms with Crippen molar-refractivity contribution < 1.29 is 124 Å². The van der Waals surface area contributed by atoms with Gasteiger partial charge in [-0.2, -0.15) is 11.8 Å². The molecule has 36 heteroatoms. The highest BCUT2D eigenvalue weighted by Crippen LogP contribution is 2.17. The zero-order valence-electron chi connectivity index (χ0n) is 68.3. The SMILES string of the molecule is CCOCOCCOCCOCCNC(=O)CCOCC(COCCC(=O)NCCOCCOCCOCCOC)(COCCC(=O)NCCOCCOCCOCCOC)NC(=O)CCSCCCOC(=O)C(Cc1ccccc1)NC(=O)C(Cc1ccccc1)NC(=O)C(Cc1ccccc1)NC(=O)c1cc(C(N)=O)cc(C(N)=O)c1. The summed E-state index contributed by atoms with van der Waals surface area (Å²) in [5.41, 5.74) is 11.1. The summed E-state index contributed by atoms with van der Waals surface area (Å²) in [7, 11) is 3.19. The van der Waals surface area contributed by atoms with Gasteiger partial charge in [0.1, 0.15) is 30.5 Å². The predicted octanol–water partition coefficient (Wildman–Crippen LogP) is 1.60. The molecule has 3 atom stereocenters. The Morgan fingerprint density at radius 1 is 0.373 bits per heavy atom. The number of rotatable bonds is 74. The van der Waals surface area contributed by atoms with Crippen molar-refractivity contribution in [1.29, 1.82) is 0 Å². The summed E-state index contributed by atoms with van der Waals surface area (Å²) >= 11 is 1.40. The zero-order valence-corrected chi connectivity index (χ0v) is 69.1. The Kier molecular flexibility index (Phi) is 57.0. The molecular formula is C82H123N9O26S. The summed E-state index contributed by atoms with van der Waals surface area (Å²) in [6.07, 6.45) is -0.00610. The van der Waals surface area contributed by atoms with Gasteiger partial charge in [-0.3, -0.25) is 43.2 Å². The number of thioether (sulfide) groups is 1. The van der Waals surface area contributed by atoms with Crippen LogP contribution in [0.25, 0.3) is 0 Å². The number of carbonyl (C=O) groups excluding carboxylic acids is 10. The standard InChI is InChI=1S/C82H123N9O26S/c1-4-104-62-116-50-49-112-44-41-107-34-27-87-74(94)23-31-115-61-82(59-113-29-21-72(92)85-25-32-105-39-42-110-47-45-108-37-35-102-2,60-114-30-22-73(93)86-26-33-106-40-43-111-48-46-109-38-36-103-3)91-75(95)24-52-118-51-14-28-117-81(101)71(55-65-19-12-7-13-20-65)90-80(100)70(54-64-17-10-6-11-18-64)89-79(99)69(53-63-15-8-5-9-16-63)88-78(98)68-57-66(76(83)96)56-67(58-68)77(84)97/h5-13,15-20,56-58,69-71H,4,14,21-55,59-62H2,1-3H3,(H2,83,96)(H2,84,97)(H,85,92)(H,86,93)(H,87,94)(H,88,98)(H,89,99)(H,90,100)(H,91,95). The van der Waals surface area contributed by atoms with Crippen LogP contribution in [-0.4, -0.2) is 313 Å². The zero-order chi connectivity index (χ0) is 85.2. The summed E-state index contributed by atoms with van der Waals surface area (Å²) < 4.78 is 88.6. The molecule has 0 fully saturated rings. The Labute approximate surface area is 695 Å². The molecular weight excluding hydrogens is 1560 g/mol.